The first-order valence-electron chi connectivity index (χ1n) is 10.5. The van der Waals surface area contributed by atoms with Crippen LogP contribution in [0.5, 0.6) is 0 Å². The molecule has 162 valence electrons. The van der Waals surface area contributed by atoms with Crippen LogP contribution in [-0.4, -0.2) is 34.7 Å². The van der Waals surface area contributed by atoms with Crippen molar-refractivity contribution in [1.29, 1.82) is 0 Å². The summed E-state index contributed by atoms with van der Waals surface area (Å²) in [4.78, 5) is -0.712. The van der Waals surface area contributed by atoms with Crippen molar-refractivity contribution in [2.45, 2.75) is 48.4 Å². The summed E-state index contributed by atoms with van der Waals surface area (Å²) in [6.07, 6.45) is 4.92. The number of halogens is 1. The Kier molecular flexibility index (Phi) is 5.15. The first kappa shape index (κ1) is 20.7. The van der Waals surface area contributed by atoms with Crippen LogP contribution in [0.15, 0.2) is 54.9 Å². The van der Waals surface area contributed by atoms with Crippen molar-refractivity contribution >= 4 is 21.4 Å². The highest BCUT2D eigenvalue weighted by Crippen LogP contribution is 2.50. The topological polar surface area (TPSA) is 76.9 Å². The molecule has 0 spiro atoms. The van der Waals surface area contributed by atoms with Gasteiger partial charge >= 0.3 is 0 Å². The lowest BCUT2D eigenvalue weighted by molar-refractivity contribution is 0.358. The average Bonchev–Trinajstić information content (AvgIpc) is 3.15. The SMILES string of the molecule is CS(=O)(=O)C1CC(Cl)(c2ccc3c(c2)CNCc2nncn2-3)CCC1c1ccccc1. The van der Waals surface area contributed by atoms with Gasteiger partial charge in [0.15, 0.2) is 15.7 Å². The van der Waals surface area contributed by atoms with Gasteiger partial charge in [0.05, 0.1) is 22.4 Å². The summed E-state index contributed by atoms with van der Waals surface area (Å²) < 4.78 is 27.6. The maximum Gasteiger partial charge on any atom is 0.151 e. The van der Waals surface area contributed by atoms with Gasteiger partial charge in [0.1, 0.15) is 6.33 Å². The van der Waals surface area contributed by atoms with Crippen LogP contribution >= 0.6 is 11.6 Å². The number of sulfone groups is 1. The molecule has 0 amide bonds. The number of hydrogen-bond donors (Lipinski definition) is 1. The van der Waals surface area contributed by atoms with Crippen molar-refractivity contribution < 1.29 is 8.42 Å². The zero-order valence-corrected chi connectivity index (χ0v) is 18.9. The van der Waals surface area contributed by atoms with E-state index in [9.17, 15) is 8.42 Å². The monoisotopic (exact) mass is 456 g/mol. The minimum Gasteiger partial charge on any atom is -0.306 e. The van der Waals surface area contributed by atoms with Gasteiger partial charge in [-0.25, -0.2) is 8.42 Å². The zero-order valence-electron chi connectivity index (χ0n) is 17.3. The van der Waals surface area contributed by atoms with Crippen molar-refractivity contribution in [2.75, 3.05) is 6.26 Å². The van der Waals surface area contributed by atoms with Crippen LogP contribution in [0.2, 0.25) is 0 Å². The number of nitrogens with zero attached hydrogens (tertiary/aromatic N) is 3. The molecule has 0 saturated heterocycles. The molecular weight excluding hydrogens is 432 g/mol. The summed E-state index contributed by atoms with van der Waals surface area (Å²) in [5, 5.41) is 11.1. The summed E-state index contributed by atoms with van der Waals surface area (Å²) >= 11 is 7.20. The highest BCUT2D eigenvalue weighted by atomic mass is 35.5. The molecule has 0 bridgehead atoms. The van der Waals surface area contributed by atoms with Crippen molar-refractivity contribution in [1.82, 2.24) is 20.1 Å². The van der Waals surface area contributed by atoms with Gasteiger partial charge in [-0.3, -0.25) is 4.57 Å². The lowest BCUT2D eigenvalue weighted by Gasteiger charge is -2.41. The number of fused-ring (bicyclic) bond motifs is 3. The van der Waals surface area contributed by atoms with Crippen molar-refractivity contribution in [3.8, 4) is 5.69 Å². The van der Waals surface area contributed by atoms with Crippen LogP contribution in [0.4, 0.5) is 0 Å². The molecule has 3 unspecified atom stereocenters. The molecule has 1 aliphatic carbocycles. The maximum absolute atomic E-state index is 12.8. The van der Waals surface area contributed by atoms with Crippen LogP contribution in [0.1, 0.15) is 47.7 Å². The quantitative estimate of drug-likeness (QED) is 0.608. The second-order valence-corrected chi connectivity index (χ2v) is 11.6. The fourth-order valence-electron chi connectivity index (χ4n) is 5.06. The number of alkyl halides is 1. The molecule has 1 aliphatic heterocycles. The number of benzene rings is 2. The highest BCUT2D eigenvalue weighted by Gasteiger charge is 2.45. The van der Waals surface area contributed by atoms with Gasteiger partial charge in [-0.15, -0.1) is 21.8 Å². The summed E-state index contributed by atoms with van der Waals surface area (Å²) in [7, 11) is -3.28. The van der Waals surface area contributed by atoms with Crippen LogP contribution in [0, 0.1) is 0 Å². The Morgan fingerprint density at radius 2 is 1.97 bits per heavy atom. The zero-order chi connectivity index (χ0) is 21.6. The average molecular weight is 457 g/mol. The van der Waals surface area contributed by atoms with Crippen molar-refractivity contribution in [3.63, 3.8) is 0 Å². The molecule has 3 atom stereocenters. The van der Waals surface area contributed by atoms with E-state index in [1.165, 1.54) is 6.26 Å². The van der Waals surface area contributed by atoms with Crippen LogP contribution in [0.3, 0.4) is 0 Å². The first-order chi connectivity index (χ1) is 14.9. The fraction of sp³-hybridized carbons (Fsp3) is 0.391. The van der Waals surface area contributed by atoms with E-state index < -0.39 is 20.0 Å². The van der Waals surface area contributed by atoms with Gasteiger partial charge in [0.2, 0.25) is 0 Å². The van der Waals surface area contributed by atoms with E-state index in [0.717, 1.165) is 41.0 Å². The second kappa shape index (κ2) is 7.73. The van der Waals surface area contributed by atoms with Gasteiger partial charge in [-0.1, -0.05) is 42.5 Å². The number of hydrogen-bond acceptors (Lipinski definition) is 5. The Morgan fingerprint density at radius 3 is 2.74 bits per heavy atom. The highest BCUT2D eigenvalue weighted by molar-refractivity contribution is 7.91. The Balaban J connectivity index is 1.51. The predicted octanol–water partition coefficient (Wildman–Crippen LogP) is 3.69. The van der Waals surface area contributed by atoms with Gasteiger partial charge in [0, 0.05) is 18.7 Å². The molecule has 0 radical (unpaired) electrons. The van der Waals surface area contributed by atoms with E-state index in [2.05, 4.69) is 21.6 Å². The fourth-order valence-corrected chi connectivity index (χ4v) is 7.02. The molecule has 5 rings (SSSR count). The molecule has 1 saturated carbocycles. The number of aromatic nitrogens is 3. The molecule has 8 heteroatoms. The molecule has 3 aromatic rings. The Bertz CT molecular complexity index is 1210. The van der Waals surface area contributed by atoms with Crippen LogP contribution < -0.4 is 5.32 Å². The van der Waals surface area contributed by atoms with Crippen LogP contribution in [0.25, 0.3) is 5.69 Å². The molecule has 2 aliphatic rings. The van der Waals surface area contributed by atoms with E-state index in [1.54, 1.807) is 6.33 Å². The molecule has 2 aromatic carbocycles. The van der Waals surface area contributed by atoms with Gasteiger partial charge in [0.25, 0.3) is 0 Å². The molecule has 1 N–H and O–H groups in total. The van der Waals surface area contributed by atoms with Gasteiger partial charge < -0.3 is 5.32 Å². The standard InChI is InChI=1S/C23H25ClN4O2S/c1-31(29,30)21-12-23(24,10-9-19(21)16-5-3-2-4-6-16)18-7-8-20-17(11-18)13-25-14-22-27-26-15-28(20)22/h2-8,11,15,19,21,25H,9-10,12-14H2,1H3. The van der Waals surface area contributed by atoms with Gasteiger partial charge in [-0.05, 0) is 42.0 Å². The van der Waals surface area contributed by atoms with Crippen molar-refractivity contribution in [3.05, 3.63) is 77.4 Å². The Hall–Kier alpha value is -2.22. The summed E-state index contributed by atoms with van der Waals surface area (Å²) in [5.74, 6) is 0.831. The minimum atomic E-state index is -3.28. The smallest absolute Gasteiger partial charge is 0.151 e. The molecule has 1 aromatic heterocycles. The maximum atomic E-state index is 12.8. The minimum absolute atomic E-state index is 0.0369. The summed E-state index contributed by atoms with van der Waals surface area (Å²) in [6, 6.07) is 16.1. The summed E-state index contributed by atoms with van der Waals surface area (Å²) in [6.45, 7) is 1.34. The molecule has 6 nitrogen and oxygen atoms in total. The molecule has 31 heavy (non-hydrogen) atoms. The van der Waals surface area contributed by atoms with E-state index in [1.807, 2.05) is 47.0 Å². The van der Waals surface area contributed by atoms with E-state index in [-0.39, 0.29) is 5.92 Å². The van der Waals surface area contributed by atoms with Crippen molar-refractivity contribution in [2.24, 2.45) is 0 Å². The lowest BCUT2D eigenvalue weighted by Crippen LogP contribution is -2.40. The number of nitrogens with one attached hydrogen (secondary N) is 1. The number of rotatable bonds is 3. The van der Waals surface area contributed by atoms with E-state index >= 15 is 0 Å². The second-order valence-electron chi connectivity index (χ2n) is 8.66. The van der Waals surface area contributed by atoms with E-state index in [0.29, 0.717) is 19.5 Å². The first-order valence-corrected chi connectivity index (χ1v) is 12.8. The third-order valence-corrected chi connectivity index (χ3v) is 8.83. The predicted molar refractivity (Wildman–Crippen MR) is 121 cm³/mol. The molecular formula is C23H25ClN4O2S. The van der Waals surface area contributed by atoms with Crippen LogP contribution in [-0.2, 0) is 27.8 Å². The lowest BCUT2D eigenvalue weighted by atomic mass is 9.75. The van der Waals surface area contributed by atoms with Gasteiger partial charge in [-0.2, -0.15) is 0 Å². The summed E-state index contributed by atoms with van der Waals surface area (Å²) in [5.41, 5.74) is 4.19. The van der Waals surface area contributed by atoms with E-state index in [4.69, 9.17) is 11.6 Å². The normalized spacial score (nSPS) is 26.0. The largest absolute Gasteiger partial charge is 0.306 e. The third kappa shape index (κ3) is 3.79. The molecule has 2 heterocycles. The Labute approximate surface area is 187 Å². The Morgan fingerprint density at radius 1 is 1.16 bits per heavy atom. The molecule has 1 fully saturated rings. The third-order valence-electron chi connectivity index (χ3n) is 6.68.